The number of nitrogens with zero attached hydrogens (tertiary/aromatic N) is 5. The third-order valence-electron chi connectivity index (χ3n) is 9.31. The van der Waals surface area contributed by atoms with Crippen LogP contribution in [0.15, 0.2) is 70.6 Å². The quantitative estimate of drug-likeness (QED) is 0.315. The van der Waals surface area contributed by atoms with E-state index >= 15 is 0 Å². The first-order valence-corrected chi connectivity index (χ1v) is 15.2. The zero-order chi connectivity index (χ0) is 27.4. The van der Waals surface area contributed by atoms with Crippen LogP contribution in [0, 0.1) is 24.7 Å². The van der Waals surface area contributed by atoms with Crippen molar-refractivity contribution in [1.29, 1.82) is 0 Å². The van der Waals surface area contributed by atoms with Crippen molar-refractivity contribution >= 4 is 23.4 Å². The van der Waals surface area contributed by atoms with Gasteiger partial charge in [-0.25, -0.2) is 4.68 Å². The second-order valence-corrected chi connectivity index (χ2v) is 12.9. The first kappa shape index (κ1) is 25.4. The van der Waals surface area contributed by atoms with Gasteiger partial charge in [0, 0.05) is 18.2 Å². The number of carbonyl (C=O) groups is 1. The Balaban J connectivity index is 1.15. The molecule has 0 saturated heterocycles. The van der Waals surface area contributed by atoms with Gasteiger partial charge in [-0.1, -0.05) is 48.2 Å². The summed E-state index contributed by atoms with van der Waals surface area (Å²) < 4.78 is 5.54. The molecule has 0 unspecified atom stereocenters. The average Bonchev–Trinajstić information content (AvgIpc) is 3.47. The second kappa shape index (κ2) is 9.80. The minimum absolute atomic E-state index is 0.0718. The highest BCUT2D eigenvalue weighted by atomic mass is 32.2. The lowest BCUT2D eigenvalue weighted by Gasteiger charge is -2.56. The van der Waals surface area contributed by atoms with Crippen LogP contribution in [0.2, 0.25) is 0 Å². The molecule has 4 aliphatic rings. The van der Waals surface area contributed by atoms with Crippen molar-refractivity contribution in [2.45, 2.75) is 56.0 Å². The molecule has 4 bridgehead atoms. The summed E-state index contributed by atoms with van der Waals surface area (Å²) in [6, 6.07) is 19.7. The van der Waals surface area contributed by atoms with Gasteiger partial charge in [-0.05, 0) is 87.5 Å². The van der Waals surface area contributed by atoms with E-state index in [4.69, 9.17) is 5.10 Å². The van der Waals surface area contributed by atoms with Gasteiger partial charge in [-0.2, -0.15) is 0 Å². The normalized spacial score (nSPS) is 24.9. The lowest BCUT2D eigenvalue weighted by Crippen LogP contribution is -2.49. The van der Waals surface area contributed by atoms with Crippen molar-refractivity contribution in [2.24, 2.45) is 24.8 Å². The molecule has 1 amide bonds. The van der Waals surface area contributed by atoms with Crippen LogP contribution >= 0.6 is 11.8 Å². The van der Waals surface area contributed by atoms with Gasteiger partial charge in [0.2, 0.25) is 5.91 Å². The number of carbonyl (C=O) groups excluding carboxylic acids is 1. The monoisotopic (exact) mass is 554 g/mol. The van der Waals surface area contributed by atoms with Gasteiger partial charge >= 0.3 is 0 Å². The maximum atomic E-state index is 13.3. The fourth-order valence-corrected chi connectivity index (χ4v) is 8.67. The molecular weight excluding hydrogens is 520 g/mol. The van der Waals surface area contributed by atoms with Crippen LogP contribution in [0.1, 0.15) is 50.0 Å². The molecule has 9 heteroatoms. The lowest BCUT2D eigenvalue weighted by molar-refractivity contribution is -0.113. The Morgan fingerprint density at radius 3 is 2.10 bits per heavy atom. The van der Waals surface area contributed by atoms with Gasteiger partial charge in [0.15, 0.2) is 5.16 Å². The SMILES string of the molecule is Cc1c(NC(=O)CSc2nnc(C34CC5CC(CC(C5)C3)C4)n2-c2ccccc2)c(=O)n(-c2ccccc2)n1C. The molecule has 8 rings (SSSR count). The van der Waals surface area contributed by atoms with E-state index in [9.17, 15) is 9.59 Å². The molecule has 0 radical (unpaired) electrons. The zero-order valence-corrected chi connectivity index (χ0v) is 23.7. The van der Waals surface area contributed by atoms with E-state index in [-0.39, 0.29) is 22.6 Å². The van der Waals surface area contributed by atoms with Crippen LogP contribution in [0.4, 0.5) is 5.69 Å². The predicted octanol–water partition coefficient (Wildman–Crippen LogP) is 5.26. The molecule has 206 valence electrons. The average molecular weight is 555 g/mol. The third kappa shape index (κ3) is 4.22. The minimum atomic E-state index is -0.249. The Hall–Kier alpha value is -3.59. The third-order valence-corrected chi connectivity index (χ3v) is 10.2. The van der Waals surface area contributed by atoms with Crippen LogP contribution in [0.5, 0.6) is 0 Å². The molecule has 40 heavy (non-hydrogen) atoms. The van der Waals surface area contributed by atoms with Gasteiger partial charge < -0.3 is 5.32 Å². The summed E-state index contributed by atoms with van der Waals surface area (Å²) >= 11 is 1.37. The molecule has 4 aromatic rings. The molecule has 2 aromatic heterocycles. The Morgan fingerprint density at radius 1 is 0.925 bits per heavy atom. The van der Waals surface area contributed by atoms with Crippen LogP contribution in [-0.4, -0.2) is 35.8 Å². The minimum Gasteiger partial charge on any atom is -0.319 e. The number of rotatable bonds is 7. The Morgan fingerprint density at radius 2 is 1.50 bits per heavy atom. The molecular formula is C31H34N6O2S. The topological polar surface area (TPSA) is 86.7 Å². The summed E-state index contributed by atoms with van der Waals surface area (Å²) in [5, 5.41) is 13.1. The van der Waals surface area contributed by atoms with Crippen LogP contribution in [-0.2, 0) is 17.3 Å². The van der Waals surface area contributed by atoms with Crippen molar-refractivity contribution in [3.63, 3.8) is 0 Å². The number of aromatic nitrogens is 5. The van der Waals surface area contributed by atoms with Gasteiger partial charge in [-0.3, -0.25) is 18.8 Å². The van der Waals surface area contributed by atoms with Gasteiger partial charge in [0.1, 0.15) is 11.5 Å². The van der Waals surface area contributed by atoms with Crippen LogP contribution in [0.3, 0.4) is 0 Å². The fraction of sp³-hybridized carbons (Fsp3) is 0.419. The van der Waals surface area contributed by atoms with Gasteiger partial charge in [0.05, 0.1) is 17.1 Å². The van der Waals surface area contributed by atoms with E-state index in [0.29, 0.717) is 11.4 Å². The summed E-state index contributed by atoms with van der Waals surface area (Å²) in [6.07, 6.45) is 7.67. The molecule has 0 atom stereocenters. The number of para-hydroxylation sites is 2. The van der Waals surface area contributed by atoms with E-state index in [1.807, 2.05) is 62.5 Å². The maximum absolute atomic E-state index is 13.3. The zero-order valence-electron chi connectivity index (χ0n) is 22.9. The van der Waals surface area contributed by atoms with E-state index in [0.717, 1.165) is 40.1 Å². The van der Waals surface area contributed by atoms with E-state index in [2.05, 4.69) is 27.1 Å². The highest BCUT2D eigenvalue weighted by molar-refractivity contribution is 7.99. The smallest absolute Gasteiger partial charge is 0.295 e. The number of amides is 1. The first-order valence-electron chi connectivity index (χ1n) is 14.2. The van der Waals surface area contributed by atoms with Crippen LogP contribution in [0.25, 0.3) is 11.4 Å². The summed E-state index contributed by atoms with van der Waals surface area (Å²) in [7, 11) is 1.82. The first-order chi connectivity index (χ1) is 19.4. The summed E-state index contributed by atoms with van der Waals surface area (Å²) in [4.78, 5) is 26.4. The molecule has 4 aliphatic carbocycles. The Bertz CT molecular complexity index is 1590. The maximum Gasteiger partial charge on any atom is 0.295 e. The lowest BCUT2D eigenvalue weighted by atomic mass is 9.49. The van der Waals surface area contributed by atoms with Crippen molar-refractivity contribution in [1.82, 2.24) is 24.1 Å². The van der Waals surface area contributed by atoms with E-state index in [1.165, 1.54) is 50.3 Å². The summed E-state index contributed by atoms with van der Waals surface area (Å²) in [6.45, 7) is 1.84. The Kier molecular flexibility index (Phi) is 6.22. The van der Waals surface area contributed by atoms with Crippen molar-refractivity contribution in [2.75, 3.05) is 11.1 Å². The van der Waals surface area contributed by atoms with E-state index < -0.39 is 0 Å². The fourth-order valence-electron chi connectivity index (χ4n) is 7.92. The second-order valence-electron chi connectivity index (χ2n) is 11.9. The summed E-state index contributed by atoms with van der Waals surface area (Å²) in [5.74, 6) is 3.33. The summed E-state index contributed by atoms with van der Waals surface area (Å²) in [5.41, 5.74) is 2.61. The van der Waals surface area contributed by atoms with Crippen LogP contribution < -0.4 is 10.9 Å². The molecule has 2 heterocycles. The highest BCUT2D eigenvalue weighted by Gasteiger charge is 2.54. The highest BCUT2D eigenvalue weighted by Crippen LogP contribution is 2.60. The number of hydrogen-bond acceptors (Lipinski definition) is 5. The van der Waals surface area contributed by atoms with Crippen molar-refractivity contribution < 1.29 is 4.79 Å². The molecule has 0 aliphatic heterocycles. The molecule has 4 saturated carbocycles. The van der Waals surface area contributed by atoms with Gasteiger partial charge in [-0.15, -0.1) is 10.2 Å². The predicted molar refractivity (Wildman–Crippen MR) is 156 cm³/mol. The molecule has 4 fully saturated rings. The number of nitrogens with one attached hydrogen (secondary N) is 1. The van der Waals surface area contributed by atoms with E-state index in [1.54, 1.807) is 9.36 Å². The molecule has 2 aromatic carbocycles. The number of thioether (sulfide) groups is 1. The largest absolute Gasteiger partial charge is 0.319 e. The standard InChI is InChI=1S/C31H34N6O2S/c1-20-27(28(39)37(35(20)2)25-11-7-4-8-12-25)32-26(38)19-40-30-34-33-29(36(30)24-9-5-3-6-10-24)31-16-21-13-22(17-31)15-23(14-21)18-31/h3-12,21-23H,13-19H2,1-2H3,(H,32,38). The van der Waals surface area contributed by atoms with Gasteiger partial charge in [0.25, 0.3) is 5.56 Å². The Labute approximate surface area is 237 Å². The molecule has 8 nitrogen and oxygen atoms in total. The number of benzene rings is 2. The molecule has 1 N–H and O–H groups in total. The number of hydrogen-bond donors (Lipinski definition) is 1. The number of anilines is 1. The molecule has 0 spiro atoms. The van der Waals surface area contributed by atoms with Crippen molar-refractivity contribution in [3.05, 3.63) is 82.5 Å². The van der Waals surface area contributed by atoms with Crippen molar-refractivity contribution in [3.8, 4) is 11.4 Å².